The summed E-state index contributed by atoms with van der Waals surface area (Å²) in [6, 6.07) is 14.0. The molecule has 2 aliphatic heterocycles. The zero-order valence-corrected chi connectivity index (χ0v) is 15.4. The molecule has 4 heteroatoms. The number of hydrogen-bond donors (Lipinski definition) is 0. The lowest BCUT2D eigenvalue weighted by Gasteiger charge is -2.40. The second-order valence-corrected chi connectivity index (χ2v) is 8.56. The van der Waals surface area contributed by atoms with Gasteiger partial charge in [-0.05, 0) is 37.8 Å². The molecule has 2 aliphatic rings. The van der Waals surface area contributed by atoms with Crippen LogP contribution in [0.1, 0.15) is 44.2 Å². The van der Waals surface area contributed by atoms with E-state index in [1.165, 1.54) is 11.3 Å². The Kier molecular flexibility index (Phi) is 6.21. The fourth-order valence-corrected chi connectivity index (χ4v) is 5.29. The molecule has 1 aromatic carbocycles. The summed E-state index contributed by atoms with van der Waals surface area (Å²) in [6.45, 7) is 6.09. The predicted octanol–water partition coefficient (Wildman–Crippen LogP) is 4.27. The standard InChI is InChI=1S/C20H28N2OS/c1-17-19(18-6-3-2-4-7-18)22(12-15-24-17)11-5-8-20(16-21)9-13-23-14-10-20/h2-4,6-7,17,19H,5,8-15H2,1H3/t17-,19+/m0/s1. The first-order valence-corrected chi connectivity index (χ1v) is 10.2. The van der Waals surface area contributed by atoms with Crippen LogP contribution in [0.4, 0.5) is 0 Å². The van der Waals surface area contributed by atoms with Crippen LogP contribution in [0.25, 0.3) is 0 Å². The van der Waals surface area contributed by atoms with E-state index in [-0.39, 0.29) is 5.41 Å². The van der Waals surface area contributed by atoms with E-state index in [1.807, 2.05) is 0 Å². The van der Waals surface area contributed by atoms with Gasteiger partial charge in [-0.2, -0.15) is 17.0 Å². The highest BCUT2D eigenvalue weighted by Gasteiger charge is 2.34. The Bertz CT molecular complexity index is 551. The molecule has 0 radical (unpaired) electrons. The highest BCUT2D eigenvalue weighted by atomic mass is 32.2. The SMILES string of the molecule is C[C@@H]1SCCN(CCCC2(C#N)CCOCC2)[C@H]1c1ccccc1. The van der Waals surface area contributed by atoms with Gasteiger partial charge in [0.25, 0.3) is 0 Å². The van der Waals surface area contributed by atoms with Crippen molar-refractivity contribution in [2.45, 2.75) is 43.9 Å². The molecule has 0 spiro atoms. The second kappa shape index (κ2) is 8.38. The van der Waals surface area contributed by atoms with Crippen molar-refractivity contribution < 1.29 is 4.74 Å². The van der Waals surface area contributed by atoms with Crippen LogP contribution in [0.3, 0.4) is 0 Å². The normalized spacial score (nSPS) is 27.5. The zero-order chi connectivity index (χ0) is 16.8. The molecule has 2 saturated heterocycles. The molecule has 24 heavy (non-hydrogen) atoms. The average molecular weight is 345 g/mol. The van der Waals surface area contributed by atoms with Gasteiger partial charge in [0, 0.05) is 36.8 Å². The Morgan fingerprint density at radius 1 is 1.29 bits per heavy atom. The minimum Gasteiger partial charge on any atom is -0.381 e. The molecule has 1 aromatic rings. The van der Waals surface area contributed by atoms with Crippen molar-refractivity contribution in [3.63, 3.8) is 0 Å². The minimum atomic E-state index is -0.142. The Balaban J connectivity index is 1.61. The maximum absolute atomic E-state index is 9.63. The topological polar surface area (TPSA) is 36.3 Å². The zero-order valence-electron chi connectivity index (χ0n) is 14.6. The number of thioether (sulfide) groups is 1. The highest BCUT2D eigenvalue weighted by molar-refractivity contribution is 8.00. The maximum atomic E-state index is 9.63. The van der Waals surface area contributed by atoms with Gasteiger partial charge in [0.05, 0.1) is 11.5 Å². The third-order valence-electron chi connectivity index (χ3n) is 5.53. The molecular weight excluding hydrogens is 316 g/mol. The fourth-order valence-electron chi connectivity index (χ4n) is 4.07. The molecule has 0 saturated carbocycles. The summed E-state index contributed by atoms with van der Waals surface area (Å²) in [5, 5.41) is 10.2. The van der Waals surface area contributed by atoms with Gasteiger partial charge in [-0.15, -0.1) is 0 Å². The molecule has 3 nitrogen and oxygen atoms in total. The average Bonchev–Trinajstić information content (AvgIpc) is 2.63. The predicted molar refractivity (Wildman–Crippen MR) is 100 cm³/mol. The fraction of sp³-hybridized carbons (Fsp3) is 0.650. The molecule has 0 aliphatic carbocycles. The quantitative estimate of drug-likeness (QED) is 0.799. The molecular formula is C20H28N2OS. The number of hydrogen-bond acceptors (Lipinski definition) is 4. The number of nitrogens with zero attached hydrogens (tertiary/aromatic N) is 2. The third-order valence-corrected chi connectivity index (χ3v) is 6.73. The minimum absolute atomic E-state index is 0.142. The monoisotopic (exact) mass is 344 g/mol. The molecule has 2 fully saturated rings. The van der Waals surface area contributed by atoms with Crippen molar-refractivity contribution in [2.24, 2.45) is 5.41 Å². The lowest BCUT2D eigenvalue weighted by atomic mass is 9.78. The molecule has 0 bridgehead atoms. The number of ether oxygens (including phenoxy) is 1. The van der Waals surface area contributed by atoms with E-state index < -0.39 is 0 Å². The van der Waals surface area contributed by atoms with Crippen molar-refractivity contribution >= 4 is 11.8 Å². The van der Waals surface area contributed by atoms with Crippen molar-refractivity contribution in [3.8, 4) is 6.07 Å². The van der Waals surface area contributed by atoms with E-state index in [2.05, 4.69) is 60.0 Å². The lowest BCUT2D eigenvalue weighted by Crippen LogP contribution is -2.41. The van der Waals surface area contributed by atoms with Gasteiger partial charge in [0.1, 0.15) is 0 Å². The van der Waals surface area contributed by atoms with E-state index in [4.69, 9.17) is 4.74 Å². The first-order chi connectivity index (χ1) is 11.7. The van der Waals surface area contributed by atoms with Gasteiger partial charge in [0.15, 0.2) is 0 Å². The summed E-state index contributed by atoms with van der Waals surface area (Å²) in [4.78, 5) is 2.64. The molecule has 0 aromatic heterocycles. The van der Waals surface area contributed by atoms with E-state index in [9.17, 15) is 5.26 Å². The van der Waals surface area contributed by atoms with Gasteiger partial charge < -0.3 is 4.74 Å². The van der Waals surface area contributed by atoms with Crippen LogP contribution in [0.2, 0.25) is 0 Å². The van der Waals surface area contributed by atoms with Crippen LogP contribution in [0.15, 0.2) is 30.3 Å². The van der Waals surface area contributed by atoms with Crippen molar-refractivity contribution in [1.82, 2.24) is 4.90 Å². The Morgan fingerprint density at radius 3 is 2.75 bits per heavy atom. The smallest absolute Gasteiger partial charge is 0.0691 e. The van der Waals surface area contributed by atoms with Gasteiger partial charge in [0.2, 0.25) is 0 Å². The summed E-state index contributed by atoms with van der Waals surface area (Å²) in [6.07, 6.45) is 3.91. The van der Waals surface area contributed by atoms with Gasteiger partial charge in [-0.1, -0.05) is 37.3 Å². The van der Waals surface area contributed by atoms with Gasteiger partial charge >= 0.3 is 0 Å². The van der Waals surface area contributed by atoms with Gasteiger partial charge in [-0.3, -0.25) is 4.90 Å². The van der Waals surface area contributed by atoms with Crippen molar-refractivity contribution in [1.29, 1.82) is 5.26 Å². The van der Waals surface area contributed by atoms with Crippen LogP contribution in [0.5, 0.6) is 0 Å². The molecule has 2 heterocycles. The Labute approximate surface area is 150 Å². The van der Waals surface area contributed by atoms with E-state index in [0.29, 0.717) is 11.3 Å². The molecule has 2 atom stereocenters. The molecule has 130 valence electrons. The summed E-state index contributed by atoms with van der Waals surface area (Å²) < 4.78 is 5.45. The maximum Gasteiger partial charge on any atom is 0.0691 e. The summed E-state index contributed by atoms with van der Waals surface area (Å²) in [5.41, 5.74) is 1.29. The van der Waals surface area contributed by atoms with Crippen LogP contribution >= 0.6 is 11.8 Å². The first-order valence-electron chi connectivity index (χ1n) is 9.14. The summed E-state index contributed by atoms with van der Waals surface area (Å²) in [5.74, 6) is 1.21. The molecule has 0 N–H and O–H groups in total. The van der Waals surface area contributed by atoms with Crippen LogP contribution < -0.4 is 0 Å². The van der Waals surface area contributed by atoms with Crippen LogP contribution in [-0.4, -0.2) is 42.2 Å². The molecule has 3 rings (SSSR count). The third kappa shape index (κ3) is 4.14. The number of rotatable bonds is 5. The number of benzene rings is 1. The summed E-state index contributed by atoms with van der Waals surface area (Å²) in [7, 11) is 0. The largest absolute Gasteiger partial charge is 0.381 e. The van der Waals surface area contributed by atoms with E-state index in [1.54, 1.807) is 0 Å². The Morgan fingerprint density at radius 2 is 2.04 bits per heavy atom. The van der Waals surface area contributed by atoms with Crippen LogP contribution in [0, 0.1) is 16.7 Å². The highest BCUT2D eigenvalue weighted by Crippen LogP contribution is 2.38. The van der Waals surface area contributed by atoms with E-state index >= 15 is 0 Å². The lowest BCUT2D eigenvalue weighted by molar-refractivity contribution is 0.0343. The van der Waals surface area contributed by atoms with Crippen molar-refractivity contribution in [2.75, 3.05) is 32.1 Å². The first kappa shape index (κ1) is 17.8. The molecule has 0 amide bonds. The van der Waals surface area contributed by atoms with Crippen LogP contribution in [-0.2, 0) is 4.74 Å². The Hall–Kier alpha value is -1.02. The van der Waals surface area contributed by atoms with Gasteiger partial charge in [-0.25, -0.2) is 0 Å². The number of nitriles is 1. The second-order valence-electron chi connectivity index (χ2n) is 7.08. The van der Waals surface area contributed by atoms with E-state index in [0.717, 1.165) is 52.0 Å². The van der Waals surface area contributed by atoms with Crippen molar-refractivity contribution in [3.05, 3.63) is 35.9 Å². The summed E-state index contributed by atoms with van der Waals surface area (Å²) >= 11 is 2.08. The molecule has 0 unspecified atom stereocenters.